The van der Waals surface area contributed by atoms with E-state index in [0.29, 0.717) is 25.0 Å². The van der Waals surface area contributed by atoms with E-state index in [1.807, 2.05) is 0 Å². The average molecular weight is 287 g/mol. The number of benzene rings is 1. The minimum atomic E-state index is -1.28. The maximum Gasteiger partial charge on any atom is 0.225 e. The molecule has 0 bridgehead atoms. The van der Waals surface area contributed by atoms with Crippen LogP contribution in [0.4, 0.5) is 13.2 Å². The van der Waals surface area contributed by atoms with Gasteiger partial charge in [-0.2, -0.15) is 0 Å². The van der Waals surface area contributed by atoms with E-state index in [1.165, 1.54) is 0 Å². The Kier molecular flexibility index (Phi) is 4.32. The van der Waals surface area contributed by atoms with Crippen LogP contribution in [0.2, 0.25) is 0 Å². The van der Waals surface area contributed by atoms with Gasteiger partial charge in [-0.1, -0.05) is 12.8 Å². The summed E-state index contributed by atoms with van der Waals surface area (Å²) < 4.78 is 39.3. The summed E-state index contributed by atoms with van der Waals surface area (Å²) in [6.07, 6.45) is 2.75. The maximum absolute atomic E-state index is 13.4. The molecule has 0 aromatic heterocycles. The van der Waals surface area contributed by atoms with Gasteiger partial charge < -0.3 is 10.4 Å². The van der Waals surface area contributed by atoms with Crippen LogP contribution < -0.4 is 5.32 Å². The van der Waals surface area contributed by atoms with Crippen molar-refractivity contribution in [3.8, 4) is 0 Å². The Bertz CT molecular complexity index is 513. The van der Waals surface area contributed by atoms with E-state index in [2.05, 4.69) is 5.32 Å². The van der Waals surface area contributed by atoms with Crippen molar-refractivity contribution in [2.24, 2.45) is 0 Å². The minimum Gasteiger partial charge on any atom is -0.394 e. The second kappa shape index (κ2) is 5.83. The lowest BCUT2D eigenvalue weighted by atomic mass is 9.98. The number of carbonyl (C=O) groups is 1. The molecular formula is C14H16F3NO2. The largest absolute Gasteiger partial charge is 0.394 e. The molecule has 0 atom stereocenters. The third-order valence-corrected chi connectivity index (χ3v) is 3.71. The highest BCUT2D eigenvalue weighted by molar-refractivity contribution is 5.79. The van der Waals surface area contributed by atoms with Gasteiger partial charge in [-0.05, 0) is 18.9 Å². The zero-order chi connectivity index (χ0) is 14.8. The number of aliphatic hydroxyl groups is 1. The van der Waals surface area contributed by atoms with Crippen LogP contribution in [0.5, 0.6) is 0 Å². The lowest BCUT2D eigenvalue weighted by Crippen LogP contribution is -2.49. The fourth-order valence-electron chi connectivity index (χ4n) is 2.59. The van der Waals surface area contributed by atoms with Crippen molar-refractivity contribution < 1.29 is 23.1 Å². The first-order valence-electron chi connectivity index (χ1n) is 6.51. The highest BCUT2D eigenvalue weighted by atomic mass is 19.2. The predicted octanol–water partition coefficient (Wildman–Crippen LogP) is 2.07. The van der Waals surface area contributed by atoms with Crippen LogP contribution in [0.3, 0.4) is 0 Å². The molecule has 1 aromatic carbocycles. The molecule has 3 nitrogen and oxygen atoms in total. The van der Waals surface area contributed by atoms with Crippen molar-refractivity contribution in [2.75, 3.05) is 6.61 Å². The first-order chi connectivity index (χ1) is 9.46. The van der Waals surface area contributed by atoms with Crippen molar-refractivity contribution in [1.29, 1.82) is 0 Å². The highest BCUT2D eigenvalue weighted by Crippen LogP contribution is 2.29. The van der Waals surface area contributed by atoms with E-state index in [9.17, 15) is 23.1 Å². The number of hydrogen-bond donors (Lipinski definition) is 2. The Hall–Kier alpha value is -1.56. The lowest BCUT2D eigenvalue weighted by Gasteiger charge is -2.28. The van der Waals surface area contributed by atoms with Crippen LogP contribution in [0, 0.1) is 17.5 Å². The monoisotopic (exact) mass is 287 g/mol. The normalized spacial score (nSPS) is 17.2. The van der Waals surface area contributed by atoms with Gasteiger partial charge in [0.2, 0.25) is 5.91 Å². The SMILES string of the molecule is O=C(Cc1cc(F)c(F)cc1F)NC1(CO)CCCC1. The molecule has 0 aliphatic heterocycles. The molecule has 0 unspecified atom stereocenters. The van der Waals surface area contributed by atoms with E-state index in [1.54, 1.807) is 0 Å². The number of hydrogen-bond acceptors (Lipinski definition) is 2. The molecule has 0 saturated heterocycles. The molecule has 0 spiro atoms. The summed E-state index contributed by atoms with van der Waals surface area (Å²) in [5.41, 5.74) is -0.862. The summed E-state index contributed by atoms with van der Waals surface area (Å²) in [6.45, 7) is -0.182. The molecule has 20 heavy (non-hydrogen) atoms. The number of aliphatic hydroxyl groups excluding tert-OH is 1. The molecule has 1 fully saturated rings. The van der Waals surface area contributed by atoms with E-state index in [-0.39, 0.29) is 18.6 Å². The summed E-state index contributed by atoms with van der Waals surface area (Å²) in [5, 5.41) is 12.0. The zero-order valence-corrected chi connectivity index (χ0v) is 10.9. The molecule has 1 aromatic rings. The van der Waals surface area contributed by atoms with Gasteiger partial charge in [0.25, 0.3) is 0 Å². The van der Waals surface area contributed by atoms with Gasteiger partial charge in [-0.25, -0.2) is 13.2 Å². The van der Waals surface area contributed by atoms with Gasteiger partial charge >= 0.3 is 0 Å². The molecule has 1 aliphatic carbocycles. The Morgan fingerprint density at radius 1 is 1.15 bits per heavy atom. The van der Waals surface area contributed by atoms with Crippen LogP contribution >= 0.6 is 0 Å². The quantitative estimate of drug-likeness (QED) is 0.833. The van der Waals surface area contributed by atoms with Crippen LogP contribution in [-0.2, 0) is 11.2 Å². The third kappa shape index (κ3) is 3.12. The van der Waals surface area contributed by atoms with Crippen LogP contribution in [0.15, 0.2) is 12.1 Å². The average Bonchev–Trinajstić information content (AvgIpc) is 2.85. The smallest absolute Gasteiger partial charge is 0.225 e. The summed E-state index contributed by atoms with van der Waals surface area (Å²) in [6, 6.07) is 1.11. The minimum absolute atomic E-state index is 0.182. The Morgan fingerprint density at radius 3 is 2.35 bits per heavy atom. The number of nitrogens with one attached hydrogen (secondary N) is 1. The standard InChI is InChI=1S/C14H16F3NO2/c15-10-7-12(17)11(16)5-9(10)6-13(20)18-14(8-19)3-1-2-4-14/h5,7,19H,1-4,6,8H2,(H,18,20). The summed E-state index contributed by atoms with van der Waals surface area (Å²) in [4.78, 5) is 11.9. The first kappa shape index (κ1) is 14.8. The van der Waals surface area contributed by atoms with Crippen molar-refractivity contribution in [1.82, 2.24) is 5.32 Å². The number of halogens is 3. The topological polar surface area (TPSA) is 49.3 Å². The van der Waals surface area contributed by atoms with E-state index < -0.39 is 28.9 Å². The number of rotatable bonds is 4. The van der Waals surface area contributed by atoms with E-state index >= 15 is 0 Å². The maximum atomic E-state index is 13.4. The van der Waals surface area contributed by atoms with Crippen molar-refractivity contribution >= 4 is 5.91 Å². The molecule has 0 heterocycles. The fourth-order valence-corrected chi connectivity index (χ4v) is 2.59. The molecule has 2 N–H and O–H groups in total. The van der Waals surface area contributed by atoms with E-state index in [0.717, 1.165) is 12.8 Å². The van der Waals surface area contributed by atoms with Crippen LogP contribution in [0.25, 0.3) is 0 Å². The third-order valence-electron chi connectivity index (χ3n) is 3.71. The zero-order valence-electron chi connectivity index (χ0n) is 10.9. The lowest BCUT2D eigenvalue weighted by molar-refractivity contribution is -0.123. The summed E-state index contributed by atoms with van der Waals surface area (Å²) in [7, 11) is 0. The second-order valence-electron chi connectivity index (χ2n) is 5.23. The molecule has 1 amide bonds. The molecular weight excluding hydrogens is 271 g/mol. The van der Waals surface area contributed by atoms with Gasteiger partial charge in [0, 0.05) is 11.6 Å². The van der Waals surface area contributed by atoms with Gasteiger partial charge in [-0.15, -0.1) is 0 Å². The van der Waals surface area contributed by atoms with Gasteiger partial charge in [-0.3, -0.25) is 4.79 Å². The number of carbonyl (C=O) groups excluding carboxylic acids is 1. The summed E-state index contributed by atoms with van der Waals surface area (Å²) in [5.74, 6) is -3.93. The highest BCUT2D eigenvalue weighted by Gasteiger charge is 2.34. The van der Waals surface area contributed by atoms with Gasteiger partial charge in [0.15, 0.2) is 11.6 Å². The van der Waals surface area contributed by atoms with Crippen molar-refractivity contribution in [3.05, 3.63) is 35.1 Å². The molecule has 0 radical (unpaired) electrons. The molecule has 6 heteroatoms. The van der Waals surface area contributed by atoms with Gasteiger partial charge in [0.1, 0.15) is 5.82 Å². The predicted molar refractivity (Wildman–Crippen MR) is 66.4 cm³/mol. The van der Waals surface area contributed by atoms with Crippen LogP contribution in [0.1, 0.15) is 31.2 Å². The van der Waals surface area contributed by atoms with Crippen molar-refractivity contribution in [2.45, 2.75) is 37.6 Å². The number of amides is 1. The first-order valence-corrected chi connectivity index (χ1v) is 6.51. The fraction of sp³-hybridized carbons (Fsp3) is 0.500. The molecule has 1 aliphatic rings. The Balaban J connectivity index is 2.06. The molecule has 2 rings (SSSR count). The van der Waals surface area contributed by atoms with E-state index in [4.69, 9.17) is 0 Å². The van der Waals surface area contributed by atoms with Crippen molar-refractivity contribution in [3.63, 3.8) is 0 Å². The Labute approximate surface area is 114 Å². The molecule has 1 saturated carbocycles. The second-order valence-corrected chi connectivity index (χ2v) is 5.23. The molecule has 110 valence electrons. The van der Waals surface area contributed by atoms with Crippen LogP contribution in [-0.4, -0.2) is 23.2 Å². The van der Waals surface area contributed by atoms with Gasteiger partial charge in [0.05, 0.1) is 18.6 Å². The summed E-state index contributed by atoms with van der Waals surface area (Å²) >= 11 is 0. The Morgan fingerprint density at radius 2 is 1.75 bits per heavy atom.